The molecule has 0 bridgehead atoms. The molecule has 4 heteroatoms. The van der Waals surface area contributed by atoms with Crippen molar-refractivity contribution in [2.24, 2.45) is 0 Å². The molecule has 0 unspecified atom stereocenters. The second kappa shape index (κ2) is 12.2. The van der Waals surface area contributed by atoms with Crippen molar-refractivity contribution in [3.63, 3.8) is 0 Å². The van der Waals surface area contributed by atoms with E-state index in [4.69, 9.17) is 10.2 Å². The third-order valence-electron chi connectivity index (χ3n) is 1.50. The van der Waals surface area contributed by atoms with Crippen molar-refractivity contribution in [1.82, 2.24) is 0 Å². The van der Waals surface area contributed by atoms with E-state index in [1.165, 1.54) is 0 Å². The van der Waals surface area contributed by atoms with E-state index in [0.717, 1.165) is 5.56 Å². The van der Waals surface area contributed by atoms with Gasteiger partial charge in [0.05, 0.1) is 6.42 Å². The Kier molecular flexibility index (Phi) is 12.6. The summed E-state index contributed by atoms with van der Waals surface area (Å²) in [5.74, 6) is -1.53. The quantitative estimate of drug-likeness (QED) is 0.851. The minimum atomic E-state index is -0.786. The van der Waals surface area contributed by atoms with E-state index >= 15 is 0 Å². The van der Waals surface area contributed by atoms with Gasteiger partial charge in [-0.3, -0.25) is 9.59 Å². The summed E-state index contributed by atoms with van der Waals surface area (Å²) >= 11 is 0. The Labute approximate surface area is 102 Å². The molecule has 0 radical (unpaired) electrons. The summed E-state index contributed by atoms with van der Waals surface area (Å²) in [6, 6.07) is 9.13. The topological polar surface area (TPSA) is 74.6 Å². The minimum absolute atomic E-state index is 0.112. The van der Waals surface area contributed by atoms with Crippen LogP contribution in [0.1, 0.15) is 32.8 Å². The van der Waals surface area contributed by atoms with Gasteiger partial charge in [0.2, 0.25) is 0 Å². The van der Waals surface area contributed by atoms with Crippen LogP contribution in [0.3, 0.4) is 0 Å². The van der Waals surface area contributed by atoms with Crippen molar-refractivity contribution in [3.05, 3.63) is 35.9 Å². The third kappa shape index (κ3) is 14.2. The number of hydrogen-bond donors (Lipinski definition) is 2. The molecule has 4 nitrogen and oxygen atoms in total. The first-order valence-corrected chi connectivity index (χ1v) is 5.53. The van der Waals surface area contributed by atoms with Gasteiger partial charge in [0, 0.05) is 6.42 Å². The summed E-state index contributed by atoms with van der Waals surface area (Å²) in [6.07, 6.45) is 0.334. The summed E-state index contributed by atoms with van der Waals surface area (Å²) in [5.41, 5.74) is 0.843. The molecule has 1 aromatic rings. The molecule has 2 N–H and O–H groups in total. The number of aliphatic carboxylic acids is 2. The Morgan fingerprint density at radius 1 is 1.00 bits per heavy atom. The lowest BCUT2D eigenvalue weighted by Gasteiger charge is -1.92. The lowest BCUT2D eigenvalue weighted by atomic mass is 10.2. The molecule has 0 saturated heterocycles. The van der Waals surface area contributed by atoms with Crippen molar-refractivity contribution in [1.29, 1.82) is 0 Å². The second-order valence-electron chi connectivity index (χ2n) is 2.80. The maximum atomic E-state index is 10.2. The highest BCUT2D eigenvalue weighted by atomic mass is 16.4. The normalized spacial score (nSPS) is 7.94. The van der Waals surface area contributed by atoms with Gasteiger partial charge in [0.1, 0.15) is 0 Å². The Balaban J connectivity index is 0. The van der Waals surface area contributed by atoms with Crippen LogP contribution in [0.25, 0.3) is 0 Å². The fourth-order valence-corrected chi connectivity index (χ4v) is 0.770. The van der Waals surface area contributed by atoms with Gasteiger partial charge in [-0.05, 0) is 5.56 Å². The Bertz CT molecular complexity index is 306. The van der Waals surface area contributed by atoms with Crippen LogP contribution in [0.5, 0.6) is 0 Å². The van der Waals surface area contributed by atoms with Crippen LogP contribution in [-0.2, 0) is 16.0 Å². The van der Waals surface area contributed by atoms with Crippen LogP contribution in [0.2, 0.25) is 0 Å². The molecule has 0 heterocycles. The zero-order chi connectivity index (χ0) is 13.7. The predicted octanol–water partition coefficient (Wildman–Crippen LogP) is 2.82. The van der Waals surface area contributed by atoms with Crippen LogP contribution < -0.4 is 0 Å². The molecule has 0 fully saturated rings. The van der Waals surface area contributed by atoms with Crippen molar-refractivity contribution in [2.75, 3.05) is 0 Å². The van der Waals surface area contributed by atoms with Crippen LogP contribution in [0, 0.1) is 0 Å². The highest BCUT2D eigenvalue weighted by Gasteiger charge is 1.96. The van der Waals surface area contributed by atoms with Gasteiger partial charge < -0.3 is 10.2 Å². The first-order valence-electron chi connectivity index (χ1n) is 5.53. The summed E-state index contributed by atoms with van der Waals surface area (Å²) in [4.78, 5) is 19.5. The number of carboxylic acids is 2. The van der Waals surface area contributed by atoms with Crippen LogP contribution in [0.4, 0.5) is 0 Å². The smallest absolute Gasteiger partial charge is 0.307 e. The van der Waals surface area contributed by atoms with E-state index < -0.39 is 11.9 Å². The number of carbonyl (C=O) groups is 2. The molecule has 0 aromatic heterocycles. The molecule has 0 aliphatic heterocycles. The largest absolute Gasteiger partial charge is 0.481 e. The zero-order valence-corrected chi connectivity index (χ0v) is 10.5. The number of hydrogen-bond acceptors (Lipinski definition) is 2. The van der Waals surface area contributed by atoms with Crippen LogP contribution in [0.15, 0.2) is 30.3 Å². The number of rotatable bonds is 3. The molecule has 1 rings (SSSR count). The second-order valence-corrected chi connectivity index (χ2v) is 2.80. The summed E-state index contributed by atoms with van der Waals surface area (Å²) in [6.45, 7) is 5.60. The number of benzene rings is 1. The SMILES string of the molecule is CC.CCC(=O)O.O=C(O)Cc1ccccc1. The molecular formula is C13H20O4. The molecule has 0 aliphatic rings. The van der Waals surface area contributed by atoms with E-state index in [2.05, 4.69) is 0 Å². The van der Waals surface area contributed by atoms with Crippen LogP contribution >= 0.6 is 0 Å². The van der Waals surface area contributed by atoms with E-state index in [1.807, 2.05) is 32.0 Å². The van der Waals surface area contributed by atoms with Crippen molar-refractivity contribution in [3.8, 4) is 0 Å². The molecule has 0 spiro atoms. The standard InChI is InChI=1S/C8H8O2.C3H6O2.C2H6/c9-8(10)6-7-4-2-1-3-5-7;1-2-3(4)5;1-2/h1-5H,6H2,(H,9,10);2H2,1H3,(H,4,5);1-2H3. The molecule has 0 saturated carbocycles. The average molecular weight is 240 g/mol. The molecule has 17 heavy (non-hydrogen) atoms. The summed E-state index contributed by atoms with van der Waals surface area (Å²) in [5, 5.41) is 16.1. The van der Waals surface area contributed by atoms with Gasteiger partial charge in [0.15, 0.2) is 0 Å². The summed E-state index contributed by atoms with van der Waals surface area (Å²) < 4.78 is 0. The summed E-state index contributed by atoms with van der Waals surface area (Å²) in [7, 11) is 0. The Morgan fingerprint density at radius 3 is 1.71 bits per heavy atom. The predicted molar refractivity (Wildman–Crippen MR) is 67.1 cm³/mol. The highest BCUT2D eigenvalue weighted by Crippen LogP contribution is 1.98. The highest BCUT2D eigenvalue weighted by molar-refractivity contribution is 5.70. The van der Waals surface area contributed by atoms with Gasteiger partial charge >= 0.3 is 11.9 Å². The van der Waals surface area contributed by atoms with Gasteiger partial charge in [-0.25, -0.2) is 0 Å². The monoisotopic (exact) mass is 240 g/mol. The maximum absolute atomic E-state index is 10.2. The maximum Gasteiger partial charge on any atom is 0.307 e. The first kappa shape index (κ1) is 17.6. The van der Waals surface area contributed by atoms with Crippen molar-refractivity contribution >= 4 is 11.9 Å². The van der Waals surface area contributed by atoms with E-state index in [0.29, 0.717) is 0 Å². The molecule has 0 atom stereocenters. The van der Waals surface area contributed by atoms with Crippen molar-refractivity contribution in [2.45, 2.75) is 33.6 Å². The molecule has 0 aliphatic carbocycles. The van der Waals surface area contributed by atoms with E-state index in [1.54, 1.807) is 19.1 Å². The van der Waals surface area contributed by atoms with Crippen LogP contribution in [-0.4, -0.2) is 22.2 Å². The first-order chi connectivity index (χ1) is 8.06. The van der Waals surface area contributed by atoms with Gasteiger partial charge in [-0.2, -0.15) is 0 Å². The third-order valence-corrected chi connectivity index (χ3v) is 1.50. The Morgan fingerprint density at radius 2 is 1.41 bits per heavy atom. The number of carboxylic acid groups (broad SMARTS) is 2. The lowest BCUT2D eigenvalue weighted by molar-refractivity contribution is -0.137. The van der Waals surface area contributed by atoms with Gasteiger partial charge in [-0.1, -0.05) is 51.1 Å². The molecule has 96 valence electrons. The Hall–Kier alpha value is -1.84. The fourth-order valence-electron chi connectivity index (χ4n) is 0.770. The van der Waals surface area contributed by atoms with Crippen molar-refractivity contribution < 1.29 is 19.8 Å². The molecular weight excluding hydrogens is 220 g/mol. The lowest BCUT2D eigenvalue weighted by Crippen LogP contribution is -1.98. The van der Waals surface area contributed by atoms with E-state index in [9.17, 15) is 9.59 Å². The zero-order valence-electron chi connectivity index (χ0n) is 10.5. The fraction of sp³-hybridized carbons (Fsp3) is 0.385. The average Bonchev–Trinajstić information content (AvgIpc) is 2.33. The molecule has 1 aromatic carbocycles. The van der Waals surface area contributed by atoms with Gasteiger partial charge in [0.25, 0.3) is 0 Å². The molecule has 0 amide bonds. The minimum Gasteiger partial charge on any atom is -0.481 e. The van der Waals surface area contributed by atoms with Gasteiger partial charge in [-0.15, -0.1) is 0 Å². The van der Waals surface area contributed by atoms with E-state index in [-0.39, 0.29) is 12.8 Å².